The van der Waals surface area contributed by atoms with E-state index in [1.54, 1.807) is 0 Å². The number of aliphatic hydroxyl groups is 1. The van der Waals surface area contributed by atoms with E-state index in [0.717, 1.165) is 12.8 Å². The minimum absolute atomic E-state index is 0.311. The van der Waals surface area contributed by atoms with Crippen molar-refractivity contribution in [1.82, 2.24) is 5.32 Å². The van der Waals surface area contributed by atoms with Gasteiger partial charge in [0.2, 0.25) is 0 Å². The van der Waals surface area contributed by atoms with E-state index in [4.69, 9.17) is 23.2 Å². The zero-order valence-electron chi connectivity index (χ0n) is 10.7. The van der Waals surface area contributed by atoms with Crippen LogP contribution < -0.4 is 5.32 Å². The van der Waals surface area contributed by atoms with Crippen LogP contribution >= 0.6 is 23.2 Å². The Kier molecular flexibility index (Phi) is 4.54. The van der Waals surface area contributed by atoms with Crippen molar-refractivity contribution in [2.75, 3.05) is 0 Å². The SMILES string of the molecule is N#CC1(NC(=O)C(O)c2cc(Cl)cc(Cl)c2)CCCC1. The van der Waals surface area contributed by atoms with Gasteiger partial charge in [0.1, 0.15) is 5.54 Å². The van der Waals surface area contributed by atoms with Crippen molar-refractivity contribution in [3.05, 3.63) is 33.8 Å². The second-order valence-corrected chi connectivity index (χ2v) is 5.87. The monoisotopic (exact) mass is 312 g/mol. The van der Waals surface area contributed by atoms with E-state index in [9.17, 15) is 15.2 Å². The molecule has 6 heteroatoms. The molecule has 1 aromatic carbocycles. The molecule has 0 radical (unpaired) electrons. The third-order valence-electron chi connectivity index (χ3n) is 3.48. The summed E-state index contributed by atoms with van der Waals surface area (Å²) >= 11 is 11.7. The fourth-order valence-corrected chi connectivity index (χ4v) is 2.97. The second kappa shape index (κ2) is 6.01. The molecule has 1 aliphatic carbocycles. The molecule has 2 N–H and O–H groups in total. The first-order chi connectivity index (χ1) is 9.46. The van der Waals surface area contributed by atoms with Gasteiger partial charge in [-0.3, -0.25) is 4.79 Å². The number of nitrogens with zero attached hydrogens (tertiary/aromatic N) is 1. The largest absolute Gasteiger partial charge is 0.378 e. The molecule has 1 fully saturated rings. The smallest absolute Gasteiger partial charge is 0.254 e. The highest BCUT2D eigenvalue weighted by Gasteiger charge is 2.37. The Balaban J connectivity index is 2.14. The van der Waals surface area contributed by atoms with Crippen LogP contribution in [0.25, 0.3) is 0 Å². The average molecular weight is 313 g/mol. The molecule has 4 nitrogen and oxygen atoms in total. The van der Waals surface area contributed by atoms with Gasteiger partial charge in [0.05, 0.1) is 6.07 Å². The zero-order chi connectivity index (χ0) is 14.8. The Hall–Kier alpha value is -1.28. The maximum Gasteiger partial charge on any atom is 0.254 e. The highest BCUT2D eigenvalue weighted by molar-refractivity contribution is 6.34. The Morgan fingerprint density at radius 2 is 1.85 bits per heavy atom. The predicted octanol–water partition coefficient (Wildman–Crippen LogP) is 2.98. The first-order valence-corrected chi connectivity index (χ1v) is 7.09. The maximum atomic E-state index is 12.1. The molecule has 1 atom stereocenters. The average Bonchev–Trinajstić information content (AvgIpc) is 2.85. The number of aliphatic hydroxyl groups excluding tert-OH is 1. The van der Waals surface area contributed by atoms with Crippen LogP contribution in [-0.2, 0) is 4.79 Å². The maximum absolute atomic E-state index is 12.1. The van der Waals surface area contributed by atoms with Crippen molar-refractivity contribution in [2.24, 2.45) is 0 Å². The number of carbonyl (C=O) groups is 1. The van der Waals surface area contributed by atoms with Crippen LogP contribution in [0.3, 0.4) is 0 Å². The molecule has 1 unspecified atom stereocenters. The summed E-state index contributed by atoms with van der Waals surface area (Å²) in [5.41, 5.74) is -0.549. The van der Waals surface area contributed by atoms with Gasteiger partial charge in [0.25, 0.3) is 5.91 Å². The summed E-state index contributed by atoms with van der Waals surface area (Å²) in [4.78, 5) is 12.1. The first kappa shape index (κ1) is 15.1. The van der Waals surface area contributed by atoms with E-state index in [1.165, 1.54) is 18.2 Å². The van der Waals surface area contributed by atoms with Gasteiger partial charge < -0.3 is 10.4 Å². The number of halogens is 2. The van der Waals surface area contributed by atoms with Gasteiger partial charge in [0, 0.05) is 10.0 Å². The molecular weight excluding hydrogens is 299 g/mol. The lowest BCUT2D eigenvalue weighted by Crippen LogP contribution is -2.47. The number of nitrogens with one attached hydrogen (secondary N) is 1. The lowest BCUT2D eigenvalue weighted by atomic mass is 9.98. The summed E-state index contributed by atoms with van der Waals surface area (Å²) in [6.45, 7) is 0. The molecule has 0 bridgehead atoms. The fourth-order valence-electron chi connectivity index (χ4n) is 2.43. The number of benzene rings is 1. The highest BCUT2D eigenvalue weighted by atomic mass is 35.5. The topological polar surface area (TPSA) is 73.1 Å². The molecule has 0 aliphatic heterocycles. The van der Waals surface area contributed by atoms with Gasteiger partial charge in [-0.2, -0.15) is 5.26 Å². The van der Waals surface area contributed by atoms with E-state index in [1.807, 2.05) is 0 Å². The second-order valence-electron chi connectivity index (χ2n) is 5.00. The minimum Gasteiger partial charge on any atom is -0.378 e. The van der Waals surface area contributed by atoms with Crippen molar-refractivity contribution in [2.45, 2.75) is 37.3 Å². The van der Waals surface area contributed by atoms with E-state index in [2.05, 4.69) is 11.4 Å². The van der Waals surface area contributed by atoms with E-state index >= 15 is 0 Å². The van der Waals surface area contributed by atoms with Gasteiger partial charge in [-0.25, -0.2) is 0 Å². The minimum atomic E-state index is -1.39. The molecule has 1 saturated carbocycles. The van der Waals surface area contributed by atoms with E-state index < -0.39 is 17.6 Å². The molecule has 20 heavy (non-hydrogen) atoms. The lowest BCUT2D eigenvalue weighted by molar-refractivity contribution is -0.131. The van der Waals surface area contributed by atoms with Crippen LogP contribution in [0.1, 0.15) is 37.4 Å². The molecule has 1 amide bonds. The van der Waals surface area contributed by atoms with E-state index in [-0.39, 0.29) is 0 Å². The summed E-state index contributed by atoms with van der Waals surface area (Å²) in [5, 5.41) is 22.6. The quantitative estimate of drug-likeness (QED) is 0.901. The number of amides is 1. The third-order valence-corrected chi connectivity index (χ3v) is 3.92. The number of nitriles is 1. The molecular formula is C14H14Cl2N2O2. The standard InChI is InChI=1S/C14H14Cl2N2O2/c15-10-5-9(6-11(16)7-10)12(19)13(20)18-14(8-17)3-1-2-4-14/h5-7,12,19H,1-4H2,(H,18,20). The molecule has 0 saturated heterocycles. The summed E-state index contributed by atoms with van der Waals surface area (Å²) in [6.07, 6.45) is 1.62. The first-order valence-electron chi connectivity index (χ1n) is 6.33. The Bertz CT molecular complexity index is 543. The number of hydrogen-bond donors (Lipinski definition) is 2. The van der Waals surface area contributed by atoms with Crippen LogP contribution in [0.2, 0.25) is 10.0 Å². The normalized spacial score (nSPS) is 18.3. The molecule has 2 rings (SSSR count). The molecule has 0 aromatic heterocycles. The fraction of sp³-hybridized carbons (Fsp3) is 0.429. The summed E-state index contributed by atoms with van der Waals surface area (Å²) in [6, 6.07) is 6.62. The Morgan fingerprint density at radius 1 is 1.30 bits per heavy atom. The Morgan fingerprint density at radius 3 is 2.35 bits per heavy atom. The van der Waals surface area contributed by atoms with E-state index in [0.29, 0.717) is 28.5 Å². The van der Waals surface area contributed by atoms with Gasteiger partial charge >= 0.3 is 0 Å². The summed E-state index contributed by atoms with van der Waals surface area (Å²) in [5.74, 6) is -0.605. The molecule has 1 aromatic rings. The number of carbonyl (C=O) groups excluding carboxylic acids is 1. The van der Waals surface area contributed by atoms with Crippen molar-refractivity contribution in [3.63, 3.8) is 0 Å². The summed E-state index contributed by atoms with van der Waals surface area (Å²) in [7, 11) is 0. The van der Waals surface area contributed by atoms with Crippen LogP contribution in [0.5, 0.6) is 0 Å². The predicted molar refractivity (Wildman–Crippen MR) is 76.4 cm³/mol. The molecule has 106 valence electrons. The summed E-state index contributed by atoms with van der Waals surface area (Å²) < 4.78 is 0. The molecule has 0 spiro atoms. The van der Waals surface area contributed by atoms with Crippen LogP contribution in [0, 0.1) is 11.3 Å². The van der Waals surface area contributed by atoms with Gasteiger partial charge in [-0.1, -0.05) is 23.2 Å². The Labute approximate surface area is 127 Å². The molecule has 1 aliphatic rings. The van der Waals surface area contributed by atoms with Gasteiger partial charge in [-0.05, 0) is 49.4 Å². The number of rotatable bonds is 3. The van der Waals surface area contributed by atoms with Gasteiger partial charge in [0.15, 0.2) is 6.10 Å². The zero-order valence-corrected chi connectivity index (χ0v) is 12.2. The van der Waals surface area contributed by atoms with Crippen molar-refractivity contribution < 1.29 is 9.90 Å². The van der Waals surface area contributed by atoms with Crippen LogP contribution in [0.15, 0.2) is 18.2 Å². The third kappa shape index (κ3) is 3.24. The number of hydrogen-bond acceptors (Lipinski definition) is 3. The van der Waals surface area contributed by atoms with Crippen LogP contribution in [0.4, 0.5) is 0 Å². The van der Waals surface area contributed by atoms with Crippen molar-refractivity contribution in [3.8, 4) is 6.07 Å². The molecule has 0 heterocycles. The highest BCUT2D eigenvalue weighted by Crippen LogP contribution is 2.30. The van der Waals surface area contributed by atoms with Crippen molar-refractivity contribution >= 4 is 29.1 Å². The van der Waals surface area contributed by atoms with Gasteiger partial charge in [-0.15, -0.1) is 0 Å². The van der Waals surface area contributed by atoms with Crippen molar-refractivity contribution in [1.29, 1.82) is 5.26 Å². The van der Waals surface area contributed by atoms with Crippen LogP contribution in [-0.4, -0.2) is 16.6 Å². The lowest BCUT2D eigenvalue weighted by Gasteiger charge is -2.24.